The van der Waals surface area contributed by atoms with Crippen LogP contribution in [0.5, 0.6) is 0 Å². The Morgan fingerprint density at radius 1 is 1.47 bits per heavy atom. The Bertz CT molecular complexity index is 358. The van der Waals surface area contributed by atoms with Crippen molar-refractivity contribution in [3.8, 4) is 0 Å². The molecule has 0 spiro atoms. The van der Waals surface area contributed by atoms with Crippen molar-refractivity contribution in [2.45, 2.75) is 0 Å². The van der Waals surface area contributed by atoms with Crippen LogP contribution in [0.4, 0.5) is 5.82 Å². The van der Waals surface area contributed by atoms with Crippen LogP contribution in [0.2, 0.25) is 0 Å². The van der Waals surface area contributed by atoms with Crippen molar-refractivity contribution >= 4 is 23.0 Å². The Labute approximate surface area is 105 Å². The second kappa shape index (κ2) is 7.10. The monoisotopic (exact) mass is 256 g/mol. The summed E-state index contributed by atoms with van der Waals surface area (Å²) in [6.07, 6.45) is 3.11. The highest BCUT2D eigenvalue weighted by Gasteiger charge is 2.08. The lowest BCUT2D eigenvalue weighted by atomic mass is 10.4. The van der Waals surface area contributed by atoms with Crippen LogP contribution in [-0.2, 0) is 4.74 Å². The van der Waals surface area contributed by atoms with Gasteiger partial charge in [-0.1, -0.05) is 12.2 Å². The van der Waals surface area contributed by atoms with Gasteiger partial charge in [0.25, 0.3) is 0 Å². The summed E-state index contributed by atoms with van der Waals surface area (Å²) in [5.41, 5.74) is 5.92. The number of aliphatic hydroxyl groups excluding tert-OH is 1. The molecule has 7 heteroatoms. The van der Waals surface area contributed by atoms with E-state index in [0.717, 1.165) is 0 Å². The number of nitrogens with zero attached hydrogens (tertiary/aromatic N) is 3. The number of thiocarbonyl (C=S) groups is 1. The molecule has 94 valence electrons. The number of rotatable bonds is 7. The molecule has 0 atom stereocenters. The zero-order valence-corrected chi connectivity index (χ0v) is 10.5. The normalized spacial score (nSPS) is 10.2. The molecule has 3 N–H and O–H groups in total. The van der Waals surface area contributed by atoms with E-state index in [4.69, 9.17) is 27.8 Å². The summed E-state index contributed by atoms with van der Waals surface area (Å²) >= 11 is 4.79. The van der Waals surface area contributed by atoms with E-state index in [1.54, 1.807) is 13.3 Å². The Kier molecular flexibility index (Phi) is 5.75. The summed E-state index contributed by atoms with van der Waals surface area (Å²) < 4.78 is 4.99. The fraction of sp³-hybridized carbons (Fsp3) is 0.500. The van der Waals surface area contributed by atoms with E-state index in [2.05, 4.69) is 9.97 Å². The SMILES string of the molecule is COCCN(CCO)c1cnc(C(N)=S)cn1. The highest BCUT2D eigenvalue weighted by Crippen LogP contribution is 2.08. The van der Waals surface area contributed by atoms with Crippen molar-refractivity contribution < 1.29 is 9.84 Å². The number of hydrogen-bond acceptors (Lipinski definition) is 6. The third-order valence-electron chi connectivity index (χ3n) is 2.15. The maximum absolute atomic E-state index is 8.97. The molecule has 1 rings (SSSR count). The number of anilines is 1. The van der Waals surface area contributed by atoms with Crippen LogP contribution in [-0.4, -0.2) is 53.5 Å². The quantitative estimate of drug-likeness (QED) is 0.639. The van der Waals surface area contributed by atoms with E-state index in [1.807, 2.05) is 4.90 Å². The zero-order chi connectivity index (χ0) is 12.7. The van der Waals surface area contributed by atoms with E-state index < -0.39 is 0 Å². The summed E-state index contributed by atoms with van der Waals surface area (Å²) in [5, 5.41) is 8.97. The molecule has 17 heavy (non-hydrogen) atoms. The number of nitrogens with two attached hydrogens (primary N) is 1. The van der Waals surface area contributed by atoms with E-state index in [9.17, 15) is 0 Å². The van der Waals surface area contributed by atoms with Crippen LogP contribution in [0.3, 0.4) is 0 Å². The fourth-order valence-electron chi connectivity index (χ4n) is 1.27. The molecule has 0 fully saturated rings. The van der Waals surface area contributed by atoms with Gasteiger partial charge >= 0.3 is 0 Å². The van der Waals surface area contributed by atoms with Crippen LogP contribution in [0.15, 0.2) is 12.4 Å². The van der Waals surface area contributed by atoms with E-state index >= 15 is 0 Å². The fourth-order valence-corrected chi connectivity index (χ4v) is 1.38. The zero-order valence-electron chi connectivity index (χ0n) is 9.67. The summed E-state index contributed by atoms with van der Waals surface area (Å²) in [4.78, 5) is 10.4. The maximum atomic E-state index is 8.97. The van der Waals surface area contributed by atoms with E-state index in [0.29, 0.717) is 31.2 Å². The van der Waals surface area contributed by atoms with Gasteiger partial charge in [0.1, 0.15) is 16.5 Å². The van der Waals surface area contributed by atoms with Crippen molar-refractivity contribution in [1.29, 1.82) is 0 Å². The second-order valence-corrected chi connectivity index (χ2v) is 3.77. The van der Waals surface area contributed by atoms with Crippen molar-refractivity contribution in [1.82, 2.24) is 9.97 Å². The van der Waals surface area contributed by atoms with Crippen LogP contribution in [0.25, 0.3) is 0 Å². The molecule has 0 amide bonds. The van der Waals surface area contributed by atoms with Crippen molar-refractivity contribution in [2.75, 3.05) is 38.3 Å². The van der Waals surface area contributed by atoms with Gasteiger partial charge in [0.15, 0.2) is 0 Å². The molecular weight excluding hydrogens is 240 g/mol. The minimum absolute atomic E-state index is 0.0441. The molecule has 0 radical (unpaired) electrons. The minimum atomic E-state index is 0.0441. The molecule has 0 unspecified atom stereocenters. The first-order chi connectivity index (χ1) is 8.19. The van der Waals surface area contributed by atoms with Gasteiger partial charge < -0.3 is 20.5 Å². The van der Waals surface area contributed by atoms with Gasteiger partial charge in [-0.25, -0.2) is 9.97 Å². The van der Waals surface area contributed by atoms with Crippen molar-refractivity contribution in [3.05, 3.63) is 18.1 Å². The Morgan fingerprint density at radius 3 is 2.71 bits per heavy atom. The summed E-state index contributed by atoms with van der Waals surface area (Å²) in [5.74, 6) is 0.663. The molecule has 0 aromatic carbocycles. The smallest absolute Gasteiger partial charge is 0.147 e. The highest BCUT2D eigenvalue weighted by atomic mass is 32.1. The van der Waals surface area contributed by atoms with Gasteiger partial charge in [-0.05, 0) is 0 Å². The third kappa shape index (κ3) is 4.22. The van der Waals surface area contributed by atoms with Crippen molar-refractivity contribution in [3.63, 3.8) is 0 Å². The first-order valence-electron chi connectivity index (χ1n) is 5.15. The van der Waals surface area contributed by atoms with Crippen LogP contribution in [0, 0.1) is 0 Å². The number of hydrogen-bond donors (Lipinski definition) is 2. The highest BCUT2D eigenvalue weighted by molar-refractivity contribution is 7.80. The predicted octanol–water partition coefficient (Wildman–Crippen LogP) is -0.444. The van der Waals surface area contributed by atoms with Crippen LogP contribution >= 0.6 is 12.2 Å². The minimum Gasteiger partial charge on any atom is -0.395 e. The van der Waals surface area contributed by atoms with Gasteiger partial charge in [-0.15, -0.1) is 0 Å². The van der Waals surface area contributed by atoms with Gasteiger partial charge in [-0.2, -0.15) is 0 Å². The van der Waals surface area contributed by atoms with Crippen molar-refractivity contribution in [2.24, 2.45) is 5.73 Å². The third-order valence-corrected chi connectivity index (χ3v) is 2.36. The molecule has 1 aromatic heterocycles. The van der Waals surface area contributed by atoms with E-state index in [1.165, 1.54) is 6.20 Å². The molecule has 6 nitrogen and oxygen atoms in total. The number of aliphatic hydroxyl groups is 1. The van der Waals surface area contributed by atoms with Gasteiger partial charge in [-0.3, -0.25) is 0 Å². The van der Waals surface area contributed by atoms with Crippen LogP contribution < -0.4 is 10.6 Å². The molecule has 1 heterocycles. The average Bonchev–Trinajstić information content (AvgIpc) is 2.34. The average molecular weight is 256 g/mol. The number of ether oxygens (including phenoxy) is 1. The molecule has 0 aliphatic rings. The lowest BCUT2D eigenvalue weighted by Crippen LogP contribution is -2.31. The molecule has 0 saturated heterocycles. The number of methoxy groups -OCH3 is 1. The molecule has 0 aliphatic heterocycles. The largest absolute Gasteiger partial charge is 0.395 e. The first kappa shape index (κ1) is 13.8. The lowest BCUT2D eigenvalue weighted by molar-refractivity contribution is 0.202. The Balaban J connectivity index is 2.75. The predicted molar refractivity (Wildman–Crippen MR) is 69.1 cm³/mol. The van der Waals surface area contributed by atoms with Gasteiger partial charge in [0.05, 0.1) is 25.6 Å². The maximum Gasteiger partial charge on any atom is 0.147 e. The Hall–Kier alpha value is -1.31. The molecular formula is C10H16N4O2S. The van der Waals surface area contributed by atoms with E-state index in [-0.39, 0.29) is 11.6 Å². The Morgan fingerprint density at radius 2 is 2.24 bits per heavy atom. The van der Waals surface area contributed by atoms with Gasteiger partial charge in [0.2, 0.25) is 0 Å². The van der Waals surface area contributed by atoms with Gasteiger partial charge in [0, 0.05) is 20.2 Å². The molecule has 0 aliphatic carbocycles. The standard InChI is InChI=1S/C10H16N4O2S/c1-16-5-3-14(2-4-15)9-7-12-8(6-13-9)10(11)17/h6-7,15H,2-5H2,1H3,(H2,11,17). The molecule has 0 saturated carbocycles. The summed E-state index contributed by atoms with van der Waals surface area (Å²) in [7, 11) is 1.62. The first-order valence-corrected chi connectivity index (χ1v) is 5.56. The summed E-state index contributed by atoms with van der Waals surface area (Å²) in [6, 6.07) is 0. The summed E-state index contributed by atoms with van der Waals surface area (Å²) in [6.45, 7) is 1.71. The number of aromatic nitrogens is 2. The molecule has 1 aromatic rings. The second-order valence-electron chi connectivity index (χ2n) is 3.33. The lowest BCUT2D eigenvalue weighted by Gasteiger charge is -2.21. The van der Waals surface area contributed by atoms with Crippen LogP contribution in [0.1, 0.15) is 5.69 Å². The molecule has 0 bridgehead atoms. The topological polar surface area (TPSA) is 84.5 Å².